The maximum atomic E-state index is 11.7. The zero-order valence-corrected chi connectivity index (χ0v) is 9.50. The molecule has 3 nitrogen and oxygen atoms in total. The Morgan fingerprint density at radius 1 is 1.53 bits per heavy atom. The van der Waals surface area contributed by atoms with Crippen LogP contribution in [0.5, 0.6) is 0 Å². The highest BCUT2D eigenvalue weighted by atomic mass is 16.1. The zero-order chi connectivity index (χ0) is 11.4. The number of amides is 1. The molecular formula is C12H18N2O. The number of anilines is 1. The van der Waals surface area contributed by atoms with Crippen LogP contribution < -0.4 is 11.1 Å². The molecule has 0 saturated carbocycles. The van der Waals surface area contributed by atoms with Crippen molar-refractivity contribution in [3.63, 3.8) is 0 Å². The largest absolute Gasteiger partial charge is 0.398 e. The molecule has 0 saturated heterocycles. The Balaban J connectivity index is 2.78. The third kappa shape index (κ3) is 2.98. The van der Waals surface area contributed by atoms with Gasteiger partial charge in [0.2, 0.25) is 0 Å². The van der Waals surface area contributed by atoms with Crippen LogP contribution in [0, 0.1) is 6.92 Å². The van der Waals surface area contributed by atoms with Crippen molar-refractivity contribution < 1.29 is 4.79 Å². The van der Waals surface area contributed by atoms with Crippen LogP contribution >= 0.6 is 0 Å². The first-order chi connectivity index (χ1) is 7.04. The van der Waals surface area contributed by atoms with E-state index in [9.17, 15) is 4.79 Å². The fraction of sp³-hybridized carbons (Fsp3) is 0.417. The van der Waals surface area contributed by atoms with Gasteiger partial charge in [-0.15, -0.1) is 0 Å². The van der Waals surface area contributed by atoms with Crippen molar-refractivity contribution in [3.8, 4) is 0 Å². The fourth-order valence-electron chi connectivity index (χ4n) is 1.19. The molecule has 1 atom stereocenters. The smallest absolute Gasteiger partial charge is 0.251 e. The average Bonchev–Trinajstić information content (AvgIpc) is 2.21. The molecule has 1 aromatic rings. The standard InChI is InChI=1S/C12H18N2O/c1-4-9(3)14-12(15)10-6-5-8(2)11(13)7-10/h5-7,9H,4,13H2,1-3H3,(H,14,15). The normalized spacial score (nSPS) is 12.2. The molecule has 1 rings (SSSR count). The molecule has 0 radical (unpaired) electrons. The van der Waals surface area contributed by atoms with Crippen LogP contribution in [-0.4, -0.2) is 11.9 Å². The highest BCUT2D eigenvalue weighted by Gasteiger charge is 2.08. The second-order valence-corrected chi connectivity index (χ2v) is 3.85. The molecule has 3 heteroatoms. The summed E-state index contributed by atoms with van der Waals surface area (Å²) in [6, 6.07) is 5.57. The van der Waals surface area contributed by atoms with Gasteiger partial charge in [0.1, 0.15) is 0 Å². The van der Waals surface area contributed by atoms with E-state index in [1.54, 1.807) is 12.1 Å². The molecule has 3 N–H and O–H groups in total. The first-order valence-corrected chi connectivity index (χ1v) is 5.21. The molecule has 0 heterocycles. The SMILES string of the molecule is CCC(C)NC(=O)c1ccc(C)c(N)c1. The first kappa shape index (κ1) is 11.6. The van der Waals surface area contributed by atoms with Crippen molar-refractivity contribution in [2.24, 2.45) is 0 Å². The van der Waals surface area contributed by atoms with Crippen LogP contribution in [0.3, 0.4) is 0 Å². The number of nitrogen functional groups attached to an aromatic ring is 1. The number of carbonyl (C=O) groups is 1. The highest BCUT2D eigenvalue weighted by Crippen LogP contribution is 2.12. The Morgan fingerprint density at radius 2 is 2.20 bits per heavy atom. The molecule has 0 bridgehead atoms. The first-order valence-electron chi connectivity index (χ1n) is 5.21. The van der Waals surface area contributed by atoms with Crippen LogP contribution in [0.1, 0.15) is 36.2 Å². The summed E-state index contributed by atoms with van der Waals surface area (Å²) >= 11 is 0. The summed E-state index contributed by atoms with van der Waals surface area (Å²) in [6.07, 6.45) is 0.924. The number of rotatable bonds is 3. The third-order valence-electron chi connectivity index (χ3n) is 2.53. The van der Waals surface area contributed by atoms with E-state index in [0.717, 1.165) is 12.0 Å². The Kier molecular flexibility index (Phi) is 3.72. The fourth-order valence-corrected chi connectivity index (χ4v) is 1.19. The lowest BCUT2D eigenvalue weighted by Crippen LogP contribution is -2.31. The van der Waals surface area contributed by atoms with Crippen LogP contribution in [0.25, 0.3) is 0 Å². The number of hydrogen-bond acceptors (Lipinski definition) is 2. The maximum Gasteiger partial charge on any atom is 0.251 e. The summed E-state index contributed by atoms with van der Waals surface area (Å²) in [6.45, 7) is 5.94. The summed E-state index contributed by atoms with van der Waals surface area (Å²) in [5, 5.41) is 2.90. The summed E-state index contributed by atoms with van der Waals surface area (Å²) in [7, 11) is 0. The Morgan fingerprint density at radius 3 is 2.73 bits per heavy atom. The minimum Gasteiger partial charge on any atom is -0.398 e. The summed E-state index contributed by atoms with van der Waals surface area (Å²) in [5.74, 6) is -0.0592. The predicted octanol–water partition coefficient (Wildman–Crippen LogP) is 2.11. The van der Waals surface area contributed by atoms with Crippen molar-refractivity contribution in [1.29, 1.82) is 0 Å². The minimum atomic E-state index is -0.0592. The van der Waals surface area contributed by atoms with E-state index >= 15 is 0 Å². The number of benzene rings is 1. The van der Waals surface area contributed by atoms with Gasteiger partial charge < -0.3 is 11.1 Å². The van der Waals surface area contributed by atoms with Crippen molar-refractivity contribution in [2.75, 3.05) is 5.73 Å². The quantitative estimate of drug-likeness (QED) is 0.744. The monoisotopic (exact) mass is 206 g/mol. The summed E-state index contributed by atoms with van der Waals surface area (Å²) in [5.41, 5.74) is 8.02. The Labute approximate surface area is 90.7 Å². The molecule has 0 aliphatic heterocycles. The van der Waals surface area contributed by atoms with Gasteiger partial charge in [0.05, 0.1) is 0 Å². The van der Waals surface area contributed by atoms with Gasteiger partial charge in [0, 0.05) is 17.3 Å². The average molecular weight is 206 g/mol. The number of aryl methyl sites for hydroxylation is 1. The van der Waals surface area contributed by atoms with Crippen LogP contribution in [0.15, 0.2) is 18.2 Å². The molecule has 15 heavy (non-hydrogen) atoms. The van der Waals surface area contributed by atoms with Crippen molar-refractivity contribution in [2.45, 2.75) is 33.2 Å². The lowest BCUT2D eigenvalue weighted by atomic mass is 10.1. The molecule has 1 unspecified atom stereocenters. The maximum absolute atomic E-state index is 11.7. The lowest BCUT2D eigenvalue weighted by molar-refractivity contribution is 0.0939. The minimum absolute atomic E-state index is 0.0592. The van der Waals surface area contributed by atoms with Gasteiger partial charge in [-0.2, -0.15) is 0 Å². The lowest BCUT2D eigenvalue weighted by Gasteiger charge is -2.11. The van der Waals surface area contributed by atoms with E-state index in [1.807, 2.05) is 26.8 Å². The van der Waals surface area contributed by atoms with Gasteiger partial charge in [0.15, 0.2) is 0 Å². The topological polar surface area (TPSA) is 55.1 Å². The number of carbonyl (C=O) groups excluding carboxylic acids is 1. The van der Waals surface area contributed by atoms with E-state index in [1.165, 1.54) is 0 Å². The Bertz CT molecular complexity index is 361. The van der Waals surface area contributed by atoms with Crippen molar-refractivity contribution in [3.05, 3.63) is 29.3 Å². The Hall–Kier alpha value is -1.51. The molecule has 82 valence electrons. The predicted molar refractivity (Wildman–Crippen MR) is 62.8 cm³/mol. The van der Waals surface area contributed by atoms with Gasteiger partial charge in [-0.25, -0.2) is 0 Å². The van der Waals surface area contributed by atoms with Gasteiger partial charge in [-0.05, 0) is 38.0 Å². The van der Waals surface area contributed by atoms with Gasteiger partial charge in [-0.3, -0.25) is 4.79 Å². The van der Waals surface area contributed by atoms with Gasteiger partial charge >= 0.3 is 0 Å². The molecule has 0 aromatic heterocycles. The van der Waals surface area contributed by atoms with Crippen LogP contribution in [0.4, 0.5) is 5.69 Å². The summed E-state index contributed by atoms with van der Waals surface area (Å²) < 4.78 is 0. The third-order valence-corrected chi connectivity index (χ3v) is 2.53. The number of nitrogens with two attached hydrogens (primary N) is 1. The van der Waals surface area contributed by atoms with Crippen LogP contribution in [0.2, 0.25) is 0 Å². The number of hydrogen-bond donors (Lipinski definition) is 2. The molecular weight excluding hydrogens is 188 g/mol. The number of nitrogens with one attached hydrogen (secondary N) is 1. The summed E-state index contributed by atoms with van der Waals surface area (Å²) in [4.78, 5) is 11.7. The molecule has 0 fully saturated rings. The second kappa shape index (κ2) is 4.82. The van der Waals surface area contributed by atoms with E-state index in [0.29, 0.717) is 11.3 Å². The molecule has 0 aliphatic carbocycles. The van der Waals surface area contributed by atoms with E-state index in [2.05, 4.69) is 5.32 Å². The zero-order valence-electron chi connectivity index (χ0n) is 9.50. The van der Waals surface area contributed by atoms with Gasteiger partial charge in [0.25, 0.3) is 5.91 Å². The molecule has 1 aromatic carbocycles. The molecule has 1 amide bonds. The highest BCUT2D eigenvalue weighted by molar-refractivity contribution is 5.95. The van der Waals surface area contributed by atoms with E-state index in [-0.39, 0.29) is 11.9 Å². The van der Waals surface area contributed by atoms with E-state index in [4.69, 9.17) is 5.73 Å². The molecule has 0 aliphatic rings. The molecule has 0 spiro atoms. The second-order valence-electron chi connectivity index (χ2n) is 3.85. The van der Waals surface area contributed by atoms with E-state index < -0.39 is 0 Å². The van der Waals surface area contributed by atoms with Crippen LogP contribution in [-0.2, 0) is 0 Å². The van der Waals surface area contributed by atoms with Gasteiger partial charge in [-0.1, -0.05) is 13.0 Å². The van der Waals surface area contributed by atoms with Crippen molar-refractivity contribution >= 4 is 11.6 Å². The van der Waals surface area contributed by atoms with Crippen molar-refractivity contribution in [1.82, 2.24) is 5.32 Å².